The molecular formula is C9H15ClN2O2. The summed E-state index contributed by atoms with van der Waals surface area (Å²) in [5, 5.41) is 18.6. The monoisotopic (exact) mass is 218 g/mol. The van der Waals surface area contributed by atoms with Gasteiger partial charge in [0.1, 0.15) is 5.75 Å². The maximum atomic E-state index is 9.63. The Hall–Kier alpha value is -0.840. The summed E-state index contributed by atoms with van der Waals surface area (Å²) >= 11 is 0. The first-order chi connectivity index (χ1) is 6.07. The average molecular weight is 219 g/mol. The molecule has 0 saturated carbocycles. The lowest BCUT2D eigenvalue weighted by molar-refractivity contribution is 0.278. The number of rotatable bonds is 2. The molecule has 80 valence electrons. The van der Waals surface area contributed by atoms with E-state index in [0.717, 1.165) is 0 Å². The van der Waals surface area contributed by atoms with Crippen LogP contribution in [-0.4, -0.2) is 15.2 Å². The van der Waals surface area contributed by atoms with E-state index in [4.69, 9.17) is 10.8 Å². The van der Waals surface area contributed by atoms with Gasteiger partial charge in [0.25, 0.3) is 0 Å². The Kier molecular flexibility index (Phi) is 4.83. The minimum Gasteiger partial charge on any atom is -0.506 e. The van der Waals surface area contributed by atoms with Gasteiger partial charge in [0, 0.05) is 23.4 Å². The van der Waals surface area contributed by atoms with Crippen LogP contribution in [0.5, 0.6) is 5.75 Å². The van der Waals surface area contributed by atoms with Crippen LogP contribution in [0, 0.1) is 6.92 Å². The molecule has 1 atom stereocenters. The zero-order valence-corrected chi connectivity index (χ0v) is 9.01. The summed E-state index contributed by atoms with van der Waals surface area (Å²) in [7, 11) is 0. The Morgan fingerprint density at radius 2 is 2.14 bits per heavy atom. The van der Waals surface area contributed by atoms with Gasteiger partial charge < -0.3 is 15.9 Å². The molecule has 0 unspecified atom stereocenters. The summed E-state index contributed by atoms with van der Waals surface area (Å²) in [5.74, 6) is 0.0848. The Labute approximate surface area is 89.2 Å². The second-order valence-corrected chi connectivity index (χ2v) is 3.08. The largest absolute Gasteiger partial charge is 0.506 e. The number of hydrogen-bond donors (Lipinski definition) is 3. The molecule has 0 saturated heterocycles. The van der Waals surface area contributed by atoms with Crippen molar-refractivity contribution in [1.29, 1.82) is 0 Å². The van der Waals surface area contributed by atoms with Crippen molar-refractivity contribution < 1.29 is 10.2 Å². The molecule has 0 amide bonds. The van der Waals surface area contributed by atoms with Gasteiger partial charge in [-0.2, -0.15) is 0 Å². The first kappa shape index (κ1) is 13.2. The van der Waals surface area contributed by atoms with Crippen LogP contribution in [0.3, 0.4) is 0 Å². The van der Waals surface area contributed by atoms with E-state index in [1.165, 1.54) is 6.20 Å². The van der Waals surface area contributed by atoms with E-state index in [9.17, 15) is 5.11 Å². The van der Waals surface area contributed by atoms with Crippen LogP contribution < -0.4 is 5.73 Å². The molecule has 1 heterocycles. The number of hydrogen-bond acceptors (Lipinski definition) is 4. The minimum atomic E-state index is -0.302. The van der Waals surface area contributed by atoms with Crippen LogP contribution in [0.25, 0.3) is 0 Å². The van der Waals surface area contributed by atoms with E-state index in [2.05, 4.69) is 4.98 Å². The highest BCUT2D eigenvalue weighted by Crippen LogP contribution is 2.28. The lowest BCUT2D eigenvalue weighted by Crippen LogP contribution is -2.10. The topological polar surface area (TPSA) is 79.4 Å². The van der Waals surface area contributed by atoms with E-state index >= 15 is 0 Å². The van der Waals surface area contributed by atoms with Gasteiger partial charge in [-0.05, 0) is 13.8 Å². The van der Waals surface area contributed by atoms with Crippen molar-refractivity contribution in [3.05, 3.63) is 23.0 Å². The molecule has 1 rings (SSSR count). The quantitative estimate of drug-likeness (QED) is 0.693. The number of aromatic hydroxyl groups is 1. The Balaban J connectivity index is 0.00000169. The molecule has 0 aliphatic heterocycles. The fraction of sp³-hybridized carbons (Fsp3) is 0.444. The number of aliphatic hydroxyl groups is 1. The lowest BCUT2D eigenvalue weighted by atomic mass is 10.0. The van der Waals surface area contributed by atoms with Crippen molar-refractivity contribution in [3.63, 3.8) is 0 Å². The van der Waals surface area contributed by atoms with Crippen LogP contribution in [0.4, 0.5) is 0 Å². The zero-order chi connectivity index (χ0) is 10.0. The van der Waals surface area contributed by atoms with Crippen molar-refractivity contribution >= 4 is 12.4 Å². The zero-order valence-electron chi connectivity index (χ0n) is 8.19. The number of nitrogens with two attached hydrogens (primary N) is 1. The molecule has 1 aromatic rings. The van der Waals surface area contributed by atoms with E-state index < -0.39 is 0 Å². The van der Waals surface area contributed by atoms with E-state index in [1.807, 2.05) is 0 Å². The number of nitrogens with zero attached hydrogens (tertiary/aromatic N) is 1. The molecule has 0 spiro atoms. The standard InChI is InChI=1S/C9H14N2O2.ClH/c1-5(10)8-7(4-12)3-11-6(2)9(8)13;/h3,5,12-13H,4,10H2,1-2H3;1H/t5-;/m0./s1. The lowest BCUT2D eigenvalue weighted by Gasteiger charge is -2.13. The molecule has 1 aromatic heterocycles. The molecule has 0 aromatic carbocycles. The van der Waals surface area contributed by atoms with Crippen LogP contribution in [0.1, 0.15) is 29.8 Å². The Morgan fingerprint density at radius 1 is 1.57 bits per heavy atom. The molecule has 0 fully saturated rings. The molecule has 0 aliphatic carbocycles. The molecule has 4 N–H and O–H groups in total. The summed E-state index contributed by atoms with van der Waals surface area (Å²) < 4.78 is 0. The molecule has 0 bridgehead atoms. The fourth-order valence-electron chi connectivity index (χ4n) is 1.29. The summed E-state index contributed by atoms with van der Waals surface area (Å²) in [6.45, 7) is 3.30. The molecule has 4 nitrogen and oxygen atoms in total. The average Bonchev–Trinajstić information content (AvgIpc) is 2.08. The summed E-state index contributed by atoms with van der Waals surface area (Å²) in [5.41, 5.74) is 7.35. The molecule has 0 aliphatic rings. The number of halogens is 1. The van der Waals surface area contributed by atoms with Crippen molar-refractivity contribution in [2.24, 2.45) is 5.73 Å². The van der Waals surface area contributed by atoms with Gasteiger partial charge in [0.2, 0.25) is 0 Å². The van der Waals surface area contributed by atoms with Gasteiger partial charge in [-0.15, -0.1) is 12.4 Å². The maximum Gasteiger partial charge on any atom is 0.141 e. The predicted octanol–water partition coefficient (Wildman–Crippen LogP) is 1.03. The smallest absolute Gasteiger partial charge is 0.141 e. The minimum absolute atomic E-state index is 0. The molecule has 0 radical (unpaired) electrons. The van der Waals surface area contributed by atoms with Gasteiger partial charge in [0.15, 0.2) is 0 Å². The number of aryl methyl sites for hydroxylation is 1. The van der Waals surface area contributed by atoms with Crippen molar-refractivity contribution in [2.75, 3.05) is 0 Å². The second-order valence-electron chi connectivity index (χ2n) is 3.08. The van der Waals surface area contributed by atoms with Crippen molar-refractivity contribution in [1.82, 2.24) is 4.98 Å². The van der Waals surface area contributed by atoms with Crippen LogP contribution in [-0.2, 0) is 6.61 Å². The molecular weight excluding hydrogens is 204 g/mol. The first-order valence-electron chi connectivity index (χ1n) is 4.11. The third kappa shape index (κ3) is 2.35. The van der Waals surface area contributed by atoms with Gasteiger partial charge in [-0.1, -0.05) is 0 Å². The summed E-state index contributed by atoms with van der Waals surface area (Å²) in [6, 6.07) is -0.302. The normalized spacial score (nSPS) is 12.0. The Morgan fingerprint density at radius 3 is 2.57 bits per heavy atom. The molecule has 5 heteroatoms. The van der Waals surface area contributed by atoms with E-state index in [1.54, 1.807) is 13.8 Å². The van der Waals surface area contributed by atoms with Crippen LogP contribution in [0.15, 0.2) is 6.20 Å². The Bertz CT molecular complexity index is 316. The van der Waals surface area contributed by atoms with Gasteiger partial charge >= 0.3 is 0 Å². The number of aromatic nitrogens is 1. The fourth-order valence-corrected chi connectivity index (χ4v) is 1.29. The highest BCUT2D eigenvalue weighted by atomic mass is 35.5. The third-order valence-corrected chi connectivity index (χ3v) is 1.98. The van der Waals surface area contributed by atoms with Crippen molar-refractivity contribution in [2.45, 2.75) is 26.5 Å². The highest BCUT2D eigenvalue weighted by molar-refractivity contribution is 5.85. The SMILES string of the molecule is Cc1ncc(CO)c([C@H](C)N)c1O.Cl. The highest BCUT2D eigenvalue weighted by Gasteiger charge is 2.14. The van der Waals surface area contributed by atoms with Gasteiger partial charge in [-0.25, -0.2) is 0 Å². The summed E-state index contributed by atoms with van der Waals surface area (Å²) in [6.07, 6.45) is 1.54. The van der Waals surface area contributed by atoms with Crippen LogP contribution >= 0.6 is 12.4 Å². The molecule has 14 heavy (non-hydrogen) atoms. The predicted molar refractivity (Wildman–Crippen MR) is 56.4 cm³/mol. The number of aliphatic hydroxyl groups excluding tert-OH is 1. The van der Waals surface area contributed by atoms with Gasteiger partial charge in [-0.3, -0.25) is 4.98 Å². The first-order valence-corrected chi connectivity index (χ1v) is 4.11. The van der Waals surface area contributed by atoms with Crippen LogP contribution in [0.2, 0.25) is 0 Å². The second kappa shape index (κ2) is 5.14. The summed E-state index contributed by atoms with van der Waals surface area (Å²) in [4.78, 5) is 3.93. The van der Waals surface area contributed by atoms with Gasteiger partial charge in [0.05, 0.1) is 12.3 Å². The number of pyridine rings is 1. The maximum absolute atomic E-state index is 9.63. The third-order valence-electron chi connectivity index (χ3n) is 1.98. The van der Waals surface area contributed by atoms with Crippen molar-refractivity contribution in [3.8, 4) is 5.75 Å². The van der Waals surface area contributed by atoms with E-state index in [-0.39, 0.29) is 30.8 Å². The van der Waals surface area contributed by atoms with E-state index in [0.29, 0.717) is 16.8 Å².